The van der Waals surface area contributed by atoms with E-state index in [2.05, 4.69) is 48.1 Å². The molecular weight excluding hydrogens is 448 g/mol. The number of carbonyl (C=O) groups is 1. The van der Waals surface area contributed by atoms with E-state index in [0.29, 0.717) is 25.2 Å². The maximum atomic E-state index is 13.4. The predicted octanol–water partition coefficient (Wildman–Crippen LogP) is 3.49. The summed E-state index contributed by atoms with van der Waals surface area (Å²) >= 11 is 0. The third-order valence-corrected chi connectivity index (χ3v) is 8.75. The Kier molecular flexibility index (Phi) is 5.93. The van der Waals surface area contributed by atoms with Crippen molar-refractivity contribution in [3.05, 3.63) is 71.4 Å². The van der Waals surface area contributed by atoms with E-state index >= 15 is 0 Å². The lowest BCUT2D eigenvalue weighted by molar-refractivity contribution is 0.0739. The Labute approximate surface area is 200 Å². The molecule has 0 unspecified atom stereocenters. The Bertz CT molecular complexity index is 1310. The van der Waals surface area contributed by atoms with E-state index in [9.17, 15) is 13.2 Å². The van der Waals surface area contributed by atoms with Gasteiger partial charge in [-0.2, -0.15) is 5.10 Å². The van der Waals surface area contributed by atoms with Gasteiger partial charge in [0.25, 0.3) is 5.91 Å². The standard InChI is InChI=1S/C26H30N4O3S/c1-19-8-9-21(16-20(19)2)25-17-24(27-30(25)23-10-15-34(32,33)18-23)26(31)29-13-11-28(12-14-29)22-6-4-3-5-7-22/h3-9,16-17,23H,10-15,18H2,1-2H3/t23-/m0/s1. The second kappa shape index (κ2) is 8.91. The highest BCUT2D eigenvalue weighted by Crippen LogP contribution is 2.31. The minimum Gasteiger partial charge on any atom is -0.368 e. The summed E-state index contributed by atoms with van der Waals surface area (Å²) in [7, 11) is -3.08. The fraction of sp³-hybridized carbons (Fsp3) is 0.385. The van der Waals surface area contributed by atoms with E-state index in [1.54, 1.807) is 4.68 Å². The molecule has 178 valence electrons. The molecular formula is C26H30N4O3S. The summed E-state index contributed by atoms with van der Waals surface area (Å²) in [6.07, 6.45) is 0.519. The van der Waals surface area contributed by atoms with Crippen molar-refractivity contribution in [3.63, 3.8) is 0 Å². The predicted molar refractivity (Wildman–Crippen MR) is 134 cm³/mol. The summed E-state index contributed by atoms with van der Waals surface area (Å²) in [5.74, 6) is 0.127. The van der Waals surface area contributed by atoms with Gasteiger partial charge in [-0.25, -0.2) is 8.42 Å². The number of hydrogen-bond donors (Lipinski definition) is 0. The molecule has 2 aliphatic rings. The molecule has 7 nitrogen and oxygen atoms in total. The van der Waals surface area contributed by atoms with Gasteiger partial charge in [0.2, 0.25) is 0 Å². The van der Waals surface area contributed by atoms with Crippen LogP contribution in [0, 0.1) is 13.8 Å². The molecule has 1 atom stereocenters. The summed E-state index contributed by atoms with van der Waals surface area (Å²) in [4.78, 5) is 17.5. The molecule has 0 aliphatic carbocycles. The largest absolute Gasteiger partial charge is 0.368 e. The Morgan fingerprint density at radius 3 is 2.32 bits per heavy atom. The highest BCUT2D eigenvalue weighted by Gasteiger charge is 2.33. The lowest BCUT2D eigenvalue weighted by Gasteiger charge is -2.35. The SMILES string of the molecule is Cc1ccc(-c2cc(C(=O)N3CCN(c4ccccc4)CC3)nn2[C@H]2CCS(=O)(=O)C2)cc1C. The molecule has 2 aliphatic heterocycles. The Balaban J connectivity index is 1.41. The number of anilines is 1. The molecule has 2 aromatic carbocycles. The molecule has 0 saturated carbocycles. The number of para-hydroxylation sites is 1. The maximum absolute atomic E-state index is 13.4. The van der Waals surface area contributed by atoms with Crippen molar-refractivity contribution in [2.24, 2.45) is 0 Å². The van der Waals surface area contributed by atoms with Crippen LogP contribution in [-0.2, 0) is 9.84 Å². The quantitative estimate of drug-likeness (QED) is 0.574. The molecule has 3 heterocycles. The van der Waals surface area contributed by atoms with Crippen molar-refractivity contribution in [2.45, 2.75) is 26.3 Å². The normalized spacial score (nSPS) is 20.0. The van der Waals surface area contributed by atoms with Crippen molar-refractivity contribution in [3.8, 4) is 11.3 Å². The first kappa shape index (κ1) is 22.7. The summed E-state index contributed by atoms with van der Waals surface area (Å²) in [6.45, 7) is 6.89. The lowest BCUT2D eigenvalue weighted by Crippen LogP contribution is -2.48. The van der Waals surface area contributed by atoms with Crippen molar-refractivity contribution >= 4 is 21.4 Å². The van der Waals surface area contributed by atoms with E-state index in [1.165, 1.54) is 11.3 Å². The number of piperazine rings is 1. The zero-order chi connectivity index (χ0) is 23.9. The fourth-order valence-electron chi connectivity index (χ4n) is 4.83. The lowest BCUT2D eigenvalue weighted by atomic mass is 10.0. The van der Waals surface area contributed by atoms with Crippen LogP contribution in [0.2, 0.25) is 0 Å². The number of nitrogens with zero attached hydrogens (tertiary/aromatic N) is 4. The number of aromatic nitrogens is 2. The highest BCUT2D eigenvalue weighted by molar-refractivity contribution is 7.91. The molecule has 5 rings (SSSR count). The number of hydrogen-bond acceptors (Lipinski definition) is 5. The van der Waals surface area contributed by atoms with Gasteiger partial charge in [0.15, 0.2) is 15.5 Å². The number of amides is 1. The monoisotopic (exact) mass is 478 g/mol. The van der Waals surface area contributed by atoms with E-state index < -0.39 is 9.84 Å². The van der Waals surface area contributed by atoms with Crippen LogP contribution in [0.4, 0.5) is 5.69 Å². The van der Waals surface area contributed by atoms with Gasteiger partial charge in [-0.3, -0.25) is 9.48 Å². The highest BCUT2D eigenvalue weighted by atomic mass is 32.2. The average molecular weight is 479 g/mol. The van der Waals surface area contributed by atoms with Gasteiger partial charge in [0.1, 0.15) is 0 Å². The van der Waals surface area contributed by atoms with Crippen LogP contribution in [0.5, 0.6) is 0 Å². The molecule has 0 spiro atoms. The van der Waals surface area contributed by atoms with Crippen LogP contribution in [0.15, 0.2) is 54.6 Å². The molecule has 0 N–H and O–H groups in total. The Morgan fingerprint density at radius 1 is 0.941 bits per heavy atom. The second-order valence-electron chi connectivity index (χ2n) is 9.33. The van der Waals surface area contributed by atoms with Crippen LogP contribution >= 0.6 is 0 Å². The zero-order valence-corrected chi connectivity index (χ0v) is 20.5. The van der Waals surface area contributed by atoms with E-state index in [-0.39, 0.29) is 23.5 Å². The van der Waals surface area contributed by atoms with Crippen LogP contribution in [0.1, 0.15) is 34.1 Å². The van der Waals surface area contributed by atoms with Crippen molar-refractivity contribution in [1.82, 2.24) is 14.7 Å². The number of aryl methyl sites for hydroxylation is 2. The first-order valence-corrected chi connectivity index (χ1v) is 13.6. The molecule has 34 heavy (non-hydrogen) atoms. The molecule has 0 bridgehead atoms. The fourth-order valence-corrected chi connectivity index (χ4v) is 6.52. The Morgan fingerprint density at radius 2 is 1.68 bits per heavy atom. The van der Waals surface area contributed by atoms with Crippen molar-refractivity contribution in [2.75, 3.05) is 42.6 Å². The van der Waals surface area contributed by atoms with Gasteiger partial charge in [-0.15, -0.1) is 0 Å². The topological polar surface area (TPSA) is 75.5 Å². The minimum atomic E-state index is -3.08. The summed E-state index contributed by atoms with van der Waals surface area (Å²) in [5.41, 5.74) is 5.63. The van der Waals surface area contributed by atoms with Crippen molar-refractivity contribution < 1.29 is 13.2 Å². The van der Waals surface area contributed by atoms with Gasteiger partial charge in [0, 0.05) is 37.4 Å². The summed E-state index contributed by atoms with van der Waals surface area (Å²) in [6, 6.07) is 18.0. The average Bonchev–Trinajstić information content (AvgIpc) is 3.44. The van der Waals surface area contributed by atoms with Crippen LogP contribution in [0.3, 0.4) is 0 Å². The number of carbonyl (C=O) groups excluding carboxylic acids is 1. The smallest absolute Gasteiger partial charge is 0.274 e. The molecule has 0 radical (unpaired) electrons. The molecule has 1 aromatic heterocycles. The first-order chi connectivity index (χ1) is 16.3. The molecule has 8 heteroatoms. The number of rotatable bonds is 4. The van der Waals surface area contributed by atoms with Gasteiger partial charge >= 0.3 is 0 Å². The summed E-state index contributed by atoms with van der Waals surface area (Å²) < 4.78 is 26.1. The molecule has 3 aromatic rings. The minimum absolute atomic E-state index is 0.0654. The van der Waals surface area contributed by atoms with Crippen LogP contribution in [0.25, 0.3) is 11.3 Å². The third kappa shape index (κ3) is 4.46. The van der Waals surface area contributed by atoms with E-state index in [4.69, 9.17) is 0 Å². The van der Waals surface area contributed by atoms with Gasteiger partial charge < -0.3 is 9.80 Å². The van der Waals surface area contributed by atoms with Gasteiger partial charge in [-0.1, -0.05) is 30.3 Å². The van der Waals surface area contributed by atoms with Crippen molar-refractivity contribution in [1.29, 1.82) is 0 Å². The maximum Gasteiger partial charge on any atom is 0.274 e. The number of benzene rings is 2. The summed E-state index contributed by atoms with van der Waals surface area (Å²) in [5, 5.41) is 4.69. The Hall–Kier alpha value is -3.13. The van der Waals surface area contributed by atoms with Gasteiger partial charge in [0.05, 0.1) is 23.2 Å². The van der Waals surface area contributed by atoms with E-state index in [1.807, 2.05) is 35.2 Å². The molecule has 2 saturated heterocycles. The number of sulfone groups is 1. The third-order valence-electron chi connectivity index (χ3n) is 7.00. The molecule has 2 fully saturated rings. The first-order valence-electron chi connectivity index (χ1n) is 11.8. The zero-order valence-electron chi connectivity index (χ0n) is 19.6. The second-order valence-corrected chi connectivity index (χ2v) is 11.6. The van der Waals surface area contributed by atoms with Gasteiger partial charge in [-0.05, 0) is 55.7 Å². The van der Waals surface area contributed by atoms with E-state index in [0.717, 1.165) is 29.9 Å². The van der Waals surface area contributed by atoms with Crippen LogP contribution < -0.4 is 4.90 Å². The molecule has 1 amide bonds. The van der Waals surface area contributed by atoms with Crippen LogP contribution in [-0.4, -0.2) is 66.7 Å².